The lowest BCUT2D eigenvalue weighted by Gasteiger charge is -2.31. The van der Waals surface area contributed by atoms with Crippen LogP contribution in [-0.4, -0.2) is 29.3 Å². The Bertz CT molecular complexity index is 813. The highest BCUT2D eigenvalue weighted by Gasteiger charge is 2.28. The lowest BCUT2D eigenvalue weighted by molar-refractivity contribution is -0.141. The summed E-state index contributed by atoms with van der Waals surface area (Å²) in [6.45, 7) is 11.5. The number of rotatable bonds is 11. The number of amides is 2. The van der Waals surface area contributed by atoms with Crippen molar-refractivity contribution in [2.24, 2.45) is 5.92 Å². The van der Waals surface area contributed by atoms with Crippen LogP contribution in [-0.2, 0) is 22.6 Å². The van der Waals surface area contributed by atoms with Gasteiger partial charge in [-0.25, -0.2) is 0 Å². The van der Waals surface area contributed by atoms with Crippen LogP contribution in [0.2, 0.25) is 0 Å². The zero-order valence-corrected chi connectivity index (χ0v) is 19.7. The molecule has 0 saturated heterocycles. The average molecular weight is 423 g/mol. The second-order valence-electron chi connectivity index (χ2n) is 8.97. The van der Waals surface area contributed by atoms with Gasteiger partial charge in [-0.1, -0.05) is 89.2 Å². The summed E-state index contributed by atoms with van der Waals surface area (Å²) < 4.78 is 0. The third-order valence-corrected chi connectivity index (χ3v) is 5.54. The molecule has 2 amide bonds. The number of carbonyl (C=O) groups is 2. The largest absolute Gasteiger partial charge is 0.354 e. The van der Waals surface area contributed by atoms with Gasteiger partial charge in [-0.2, -0.15) is 0 Å². The van der Waals surface area contributed by atoms with E-state index in [9.17, 15) is 9.59 Å². The third-order valence-electron chi connectivity index (χ3n) is 5.54. The molecule has 0 saturated carbocycles. The fourth-order valence-corrected chi connectivity index (χ4v) is 3.59. The SMILES string of the molecule is CCC(C(=O)NCC(C)C)N(Cc1ccccc1)C(=O)CCc1ccc(C(C)C)cc1. The van der Waals surface area contributed by atoms with Gasteiger partial charge in [0.05, 0.1) is 0 Å². The van der Waals surface area contributed by atoms with Crippen molar-refractivity contribution < 1.29 is 9.59 Å². The molecule has 2 aromatic rings. The van der Waals surface area contributed by atoms with Crippen LogP contribution in [0, 0.1) is 5.92 Å². The van der Waals surface area contributed by atoms with Gasteiger partial charge in [0, 0.05) is 19.5 Å². The molecule has 0 aliphatic carbocycles. The predicted octanol–water partition coefficient (Wildman–Crippen LogP) is 5.32. The first-order valence-corrected chi connectivity index (χ1v) is 11.5. The van der Waals surface area contributed by atoms with Gasteiger partial charge in [0.25, 0.3) is 0 Å². The third kappa shape index (κ3) is 7.86. The average Bonchev–Trinajstić information content (AvgIpc) is 2.76. The second-order valence-corrected chi connectivity index (χ2v) is 8.97. The smallest absolute Gasteiger partial charge is 0.242 e. The highest BCUT2D eigenvalue weighted by Crippen LogP contribution is 2.18. The van der Waals surface area contributed by atoms with Crippen LogP contribution >= 0.6 is 0 Å². The van der Waals surface area contributed by atoms with Gasteiger partial charge >= 0.3 is 0 Å². The molecule has 168 valence electrons. The van der Waals surface area contributed by atoms with Crippen molar-refractivity contribution in [3.63, 3.8) is 0 Å². The van der Waals surface area contributed by atoms with E-state index < -0.39 is 6.04 Å². The van der Waals surface area contributed by atoms with Gasteiger partial charge in [-0.05, 0) is 41.4 Å². The first kappa shape index (κ1) is 24.6. The molecule has 1 atom stereocenters. The molecule has 0 radical (unpaired) electrons. The molecular formula is C27H38N2O2. The Morgan fingerprint density at radius 2 is 1.55 bits per heavy atom. The van der Waals surface area contributed by atoms with Crippen LogP contribution in [0.25, 0.3) is 0 Å². The van der Waals surface area contributed by atoms with Crippen molar-refractivity contribution in [1.29, 1.82) is 0 Å². The first-order valence-electron chi connectivity index (χ1n) is 11.5. The molecule has 1 unspecified atom stereocenters. The van der Waals surface area contributed by atoms with Crippen LogP contribution in [0.5, 0.6) is 0 Å². The van der Waals surface area contributed by atoms with E-state index in [1.54, 1.807) is 4.90 Å². The quantitative estimate of drug-likeness (QED) is 0.533. The Morgan fingerprint density at radius 3 is 2.10 bits per heavy atom. The summed E-state index contributed by atoms with van der Waals surface area (Å²) in [5.41, 5.74) is 3.48. The molecule has 0 bridgehead atoms. The molecule has 0 spiro atoms. The van der Waals surface area contributed by atoms with Crippen molar-refractivity contribution in [2.75, 3.05) is 6.54 Å². The number of aryl methyl sites for hydroxylation is 1. The number of carbonyl (C=O) groups excluding carboxylic acids is 2. The Labute approximate surface area is 188 Å². The van der Waals surface area contributed by atoms with E-state index in [1.807, 2.05) is 37.3 Å². The zero-order chi connectivity index (χ0) is 22.8. The molecule has 0 aliphatic rings. The van der Waals surface area contributed by atoms with Gasteiger partial charge in [-0.3, -0.25) is 9.59 Å². The van der Waals surface area contributed by atoms with Gasteiger partial charge < -0.3 is 10.2 Å². The van der Waals surface area contributed by atoms with Crippen molar-refractivity contribution in [2.45, 2.75) is 72.4 Å². The highest BCUT2D eigenvalue weighted by molar-refractivity contribution is 5.87. The Balaban J connectivity index is 2.13. The maximum atomic E-state index is 13.3. The molecule has 2 rings (SSSR count). The Kier molecular flexibility index (Phi) is 9.77. The molecule has 0 aliphatic heterocycles. The van der Waals surface area contributed by atoms with E-state index in [-0.39, 0.29) is 11.8 Å². The molecule has 1 N–H and O–H groups in total. The predicted molar refractivity (Wildman–Crippen MR) is 128 cm³/mol. The van der Waals surface area contributed by atoms with E-state index in [0.29, 0.717) is 44.2 Å². The van der Waals surface area contributed by atoms with Crippen molar-refractivity contribution in [1.82, 2.24) is 10.2 Å². The maximum absolute atomic E-state index is 13.3. The molecule has 0 aromatic heterocycles. The summed E-state index contributed by atoms with van der Waals surface area (Å²) in [7, 11) is 0. The fourth-order valence-electron chi connectivity index (χ4n) is 3.59. The zero-order valence-electron chi connectivity index (χ0n) is 19.7. The highest BCUT2D eigenvalue weighted by atomic mass is 16.2. The maximum Gasteiger partial charge on any atom is 0.242 e. The summed E-state index contributed by atoms with van der Waals surface area (Å²) in [6.07, 6.45) is 1.65. The topological polar surface area (TPSA) is 49.4 Å². The van der Waals surface area contributed by atoms with Crippen LogP contribution < -0.4 is 5.32 Å². The molecular weight excluding hydrogens is 384 g/mol. The molecule has 31 heavy (non-hydrogen) atoms. The Hall–Kier alpha value is -2.62. The van der Waals surface area contributed by atoms with E-state index in [1.165, 1.54) is 5.56 Å². The minimum absolute atomic E-state index is 0.0170. The molecule has 4 heteroatoms. The summed E-state index contributed by atoms with van der Waals surface area (Å²) in [5.74, 6) is 0.811. The van der Waals surface area contributed by atoms with Crippen LogP contribution in [0.15, 0.2) is 54.6 Å². The van der Waals surface area contributed by atoms with Gasteiger partial charge in [0.15, 0.2) is 0 Å². The second kappa shape index (κ2) is 12.3. The van der Waals surface area contributed by atoms with Crippen LogP contribution in [0.4, 0.5) is 0 Å². The molecule has 4 nitrogen and oxygen atoms in total. The first-order chi connectivity index (χ1) is 14.8. The normalized spacial score (nSPS) is 12.1. The minimum Gasteiger partial charge on any atom is -0.354 e. The Morgan fingerprint density at radius 1 is 0.903 bits per heavy atom. The van der Waals surface area contributed by atoms with Crippen molar-refractivity contribution >= 4 is 11.8 Å². The number of hydrogen-bond acceptors (Lipinski definition) is 2. The number of benzene rings is 2. The number of hydrogen-bond donors (Lipinski definition) is 1. The van der Waals surface area contributed by atoms with E-state index in [0.717, 1.165) is 11.1 Å². The summed E-state index contributed by atoms with van der Waals surface area (Å²) >= 11 is 0. The van der Waals surface area contributed by atoms with Crippen molar-refractivity contribution in [3.05, 3.63) is 71.3 Å². The lowest BCUT2D eigenvalue weighted by atomic mass is 10.00. The fraction of sp³-hybridized carbons (Fsp3) is 0.481. The number of nitrogens with zero attached hydrogens (tertiary/aromatic N) is 1. The molecule has 0 heterocycles. The minimum atomic E-state index is -0.463. The van der Waals surface area contributed by atoms with E-state index >= 15 is 0 Å². The van der Waals surface area contributed by atoms with E-state index in [4.69, 9.17) is 0 Å². The van der Waals surface area contributed by atoms with Gasteiger partial charge in [0.2, 0.25) is 11.8 Å². The van der Waals surface area contributed by atoms with Crippen molar-refractivity contribution in [3.8, 4) is 0 Å². The summed E-state index contributed by atoms with van der Waals surface area (Å²) in [5, 5.41) is 3.01. The standard InChI is InChI=1S/C27H38N2O2/c1-6-25(27(31)28-18-20(2)3)29(19-23-10-8-7-9-11-23)26(30)17-14-22-12-15-24(16-13-22)21(4)5/h7-13,15-16,20-21,25H,6,14,17-19H2,1-5H3,(H,28,31). The monoisotopic (exact) mass is 422 g/mol. The van der Waals surface area contributed by atoms with Crippen LogP contribution in [0.3, 0.4) is 0 Å². The summed E-state index contributed by atoms with van der Waals surface area (Å²) in [4.78, 5) is 27.9. The molecule has 0 fully saturated rings. The van der Waals surface area contributed by atoms with Crippen LogP contribution in [0.1, 0.15) is 70.1 Å². The summed E-state index contributed by atoms with van der Waals surface area (Å²) in [6, 6.07) is 17.9. The van der Waals surface area contributed by atoms with Gasteiger partial charge in [-0.15, -0.1) is 0 Å². The lowest BCUT2D eigenvalue weighted by Crippen LogP contribution is -2.49. The number of nitrogens with one attached hydrogen (secondary N) is 1. The molecule has 2 aromatic carbocycles. The van der Waals surface area contributed by atoms with Gasteiger partial charge in [0.1, 0.15) is 6.04 Å². The van der Waals surface area contributed by atoms with E-state index in [2.05, 4.69) is 57.3 Å².